The SMILES string of the molecule is CC(C)S(=O)(=O)C[C@H]1Cc2ccc(Cc3cc(CO)cc(C(F)(F)F)c3)cc2C1. The van der Waals surface area contributed by atoms with Crippen LogP contribution in [0.3, 0.4) is 0 Å². The molecule has 0 unspecified atom stereocenters. The molecule has 0 amide bonds. The fourth-order valence-electron chi connectivity index (χ4n) is 3.87. The van der Waals surface area contributed by atoms with E-state index in [0.717, 1.165) is 28.8 Å². The number of alkyl halides is 3. The van der Waals surface area contributed by atoms with Gasteiger partial charge in [-0.25, -0.2) is 8.42 Å². The van der Waals surface area contributed by atoms with E-state index in [1.807, 2.05) is 18.2 Å². The molecule has 0 aromatic heterocycles. The summed E-state index contributed by atoms with van der Waals surface area (Å²) in [6, 6.07) is 9.47. The van der Waals surface area contributed by atoms with Crippen LogP contribution in [-0.2, 0) is 41.9 Å². The van der Waals surface area contributed by atoms with Gasteiger partial charge in [-0.05, 0) is 79.0 Å². The highest BCUT2D eigenvalue weighted by atomic mass is 32.2. The number of rotatable bonds is 6. The third-order valence-electron chi connectivity index (χ3n) is 5.44. The molecule has 0 spiro atoms. The van der Waals surface area contributed by atoms with Gasteiger partial charge >= 0.3 is 6.18 Å². The summed E-state index contributed by atoms with van der Waals surface area (Å²) >= 11 is 0. The van der Waals surface area contributed by atoms with E-state index in [-0.39, 0.29) is 17.2 Å². The van der Waals surface area contributed by atoms with Crippen molar-refractivity contribution >= 4 is 9.84 Å². The quantitative estimate of drug-likeness (QED) is 0.748. The standard InChI is InChI=1S/C22H25F3O3S/c1-14(2)29(27,28)13-18-8-19-4-3-15(7-20(19)9-18)5-16-6-17(12-26)11-21(10-16)22(23,24)25/h3-4,6-7,10-11,14,18,26H,5,8-9,12-13H2,1-2H3/t18-/m0/s1. The molecule has 0 saturated heterocycles. The zero-order chi connectivity index (χ0) is 21.4. The average Bonchev–Trinajstić information content (AvgIpc) is 3.01. The van der Waals surface area contributed by atoms with Crippen LogP contribution in [0, 0.1) is 5.92 Å². The number of benzene rings is 2. The smallest absolute Gasteiger partial charge is 0.392 e. The van der Waals surface area contributed by atoms with Gasteiger partial charge in [0.1, 0.15) is 0 Å². The molecule has 0 aliphatic heterocycles. The first-order valence-electron chi connectivity index (χ1n) is 9.61. The van der Waals surface area contributed by atoms with E-state index in [2.05, 4.69) is 0 Å². The summed E-state index contributed by atoms with van der Waals surface area (Å²) in [5.41, 5.74) is 3.01. The molecule has 2 aromatic carbocycles. The molecule has 0 radical (unpaired) electrons. The van der Waals surface area contributed by atoms with Gasteiger partial charge in [0.2, 0.25) is 0 Å². The maximum Gasteiger partial charge on any atom is 0.416 e. The van der Waals surface area contributed by atoms with E-state index in [4.69, 9.17) is 0 Å². The number of aliphatic hydroxyl groups excluding tert-OH is 1. The predicted molar refractivity (Wildman–Crippen MR) is 106 cm³/mol. The van der Waals surface area contributed by atoms with Gasteiger partial charge < -0.3 is 5.11 Å². The van der Waals surface area contributed by atoms with E-state index in [1.54, 1.807) is 19.9 Å². The molecular weight excluding hydrogens is 401 g/mol. The molecule has 1 aliphatic carbocycles. The largest absolute Gasteiger partial charge is 0.416 e. The molecule has 0 heterocycles. The first-order chi connectivity index (χ1) is 13.5. The van der Waals surface area contributed by atoms with Crippen LogP contribution in [0.1, 0.15) is 47.2 Å². The van der Waals surface area contributed by atoms with E-state index >= 15 is 0 Å². The lowest BCUT2D eigenvalue weighted by Crippen LogP contribution is -2.23. The second kappa shape index (κ2) is 8.11. The number of hydrogen-bond donors (Lipinski definition) is 1. The minimum Gasteiger partial charge on any atom is -0.392 e. The molecule has 1 atom stereocenters. The molecule has 1 N–H and O–H groups in total. The lowest BCUT2D eigenvalue weighted by molar-refractivity contribution is -0.137. The lowest BCUT2D eigenvalue weighted by atomic mass is 9.97. The van der Waals surface area contributed by atoms with Crippen LogP contribution in [-0.4, -0.2) is 24.5 Å². The molecule has 29 heavy (non-hydrogen) atoms. The van der Waals surface area contributed by atoms with Gasteiger partial charge in [-0.15, -0.1) is 0 Å². The van der Waals surface area contributed by atoms with Crippen molar-refractivity contribution in [3.63, 3.8) is 0 Å². The third-order valence-corrected chi connectivity index (χ3v) is 7.82. The Morgan fingerprint density at radius 3 is 2.28 bits per heavy atom. The minimum absolute atomic E-state index is 0.0437. The fourth-order valence-corrected chi connectivity index (χ4v) is 5.14. The molecule has 158 valence electrons. The van der Waals surface area contributed by atoms with Crippen molar-refractivity contribution in [1.82, 2.24) is 0 Å². The second-order valence-electron chi connectivity index (χ2n) is 8.13. The zero-order valence-electron chi connectivity index (χ0n) is 16.5. The van der Waals surface area contributed by atoms with Crippen molar-refractivity contribution < 1.29 is 26.7 Å². The van der Waals surface area contributed by atoms with Gasteiger partial charge in [-0.3, -0.25) is 0 Å². The Morgan fingerprint density at radius 1 is 1.00 bits per heavy atom. The van der Waals surface area contributed by atoms with Crippen molar-refractivity contribution in [3.8, 4) is 0 Å². The van der Waals surface area contributed by atoms with Gasteiger partial charge in [0.05, 0.1) is 23.2 Å². The molecular formula is C22H25F3O3S. The van der Waals surface area contributed by atoms with Gasteiger partial charge in [-0.2, -0.15) is 13.2 Å². The number of sulfone groups is 1. The maximum absolute atomic E-state index is 13.1. The molecule has 0 saturated carbocycles. The lowest BCUT2D eigenvalue weighted by Gasteiger charge is -2.12. The van der Waals surface area contributed by atoms with E-state index < -0.39 is 33.4 Å². The number of hydrogen-bond acceptors (Lipinski definition) is 3. The maximum atomic E-state index is 13.1. The van der Waals surface area contributed by atoms with E-state index in [9.17, 15) is 26.7 Å². The van der Waals surface area contributed by atoms with Crippen molar-refractivity contribution in [2.75, 3.05) is 5.75 Å². The Bertz CT molecular complexity index is 995. The summed E-state index contributed by atoms with van der Waals surface area (Å²) in [5, 5.41) is 8.89. The van der Waals surface area contributed by atoms with Crippen molar-refractivity contribution in [2.45, 2.75) is 51.1 Å². The number of halogens is 3. The Morgan fingerprint density at radius 2 is 1.66 bits per heavy atom. The second-order valence-corrected chi connectivity index (χ2v) is 10.7. The first-order valence-corrected chi connectivity index (χ1v) is 11.3. The van der Waals surface area contributed by atoms with E-state index in [1.165, 1.54) is 0 Å². The fraction of sp³-hybridized carbons (Fsp3) is 0.455. The van der Waals surface area contributed by atoms with Crippen LogP contribution in [0.15, 0.2) is 36.4 Å². The van der Waals surface area contributed by atoms with Gasteiger partial charge in [-0.1, -0.05) is 24.3 Å². The number of fused-ring (bicyclic) bond motifs is 1. The predicted octanol–water partition coefficient (Wildman–Crippen LogP) is 4.33. The summed E-state index contributed by atoms with van der Waals surface area (Å²) in [6.45, 7) is 2.92. The molecule has 0 fully saturated rings. The summed E-state index contributed by atoms with van der Waals surface area (Å²) in [4.78, 5) is 0. The van der Waals surface area contributed by atoms with Gasteiger partial charge in [0, 0.05) is 0 Å². The molecule has 2 aromatic rings. The summed E-state index contributed by atoms with van der Waals surface area (Å²) < 4.78 is 63.7. The highest BCUT2D eigenvalue weighted by Crippen LogP contribution is 2.33. The van der Waals surface area contributed by atoms with Crippen molar-refractivity contribution in [2.24, 2.45) is 5.92 Å². The Labute approximate surface area is 169 Å². The van der Waals surface area contributed by atoms with Crippen LogP contribution in [0.4, 0.5) is 13.2 Å². The van der Waals surface area contributed by atoms with Crippen molar-refractivity contribution in [3.05, 3.63) is 69.8 Å². The molecule has 3 rings (SSSR count). The average molecular weight is 427 g/mol. The highest BCUT2D eigenvalue weighted by Gasteiger charge is 2.31. The van der Waals surface area contributed by atoms with Crippen LogP contribution in [0.2, 0.25) is 0 Å². The van der Waals surface area contributed by atoms with E-state index in [0.29, 0.717) is 24.8 Å². The monoisotopic (exact) mass is 426 g/mol. The summed E-state index contributed by atoms with van der Waals surface area (Å²) in [6.07, 6.45) is -2.77. The minimum atomic E-state index is -4.47. The van der Waals surface area contributed by atoms with Gasteiger partial charge in [0.15, 0.2) is 9.84 Å². The molecule has 0 bridgehead atoms. The molecule has 7 heteroatoms. The first kappa shape index (κ1) is 21.8. The third kappa shape index (κ3) is 5.20. The Balaban J connectivity index is 1.79. The summed E-state index contributed by atoms with van der Waals surface area (Å²) in [5.74, 6) is 0.199. The normalized spacial score (nSPS) is 17.0. The Hall–Kier alpha value is -1.86. The van der Waals surface area contributed by atoms with Crippen LogP contribution < -0.4 is 0 Å². The van der Waals surface area contributed by atoms with Crippen LogP contribution in [0.5, 0.6) is 0 Å². The number of aliphatic hydroxyl groups is 1. The van der Waals surface area contributed by atoms with Crippen LogP contribution in [0.25, 0.3) is 0 Å². The van der Waals surface area contributed by atoms with Crippen LogP contribution >= 0.6 is 0 Å². The van der Waals surface area contributed by atoms with Gasteiger partial charge in [0.25, 0.3) is 0 Å². The molecule has 3 nitrogen and oxygen atoms in total. The van der Waals surface area contributed by atoms with Crippen molar-refractivity contribution in [1.29, 1.82) is 0 Å². The summed E-state index contributed by atoms with van der Waals surface area (Å²) in [7, 11) is -3.11. The Kier molecular flexibility index (Phi) is 6.11. The highest BCUT2D eigenvalue weighted by molar-refractivity contribution is 7.91. The zero-order valence-corrected chi connectivity index (χ0v) is 17.3. The molecule has 1 aliphatic rings. The topological polar surface area (TPSA) is 54.4 Å².